The predicted octanol–water partition coefficient (Wildman–Crippen LogP) is 2.24. The highest BCUT2D eigenvalue weighted by molar-refractivity contribution is 5.72. The van der Waals surface area contributed by atoms with Crippen LogP contribution in [0.15, 0.2) is 12.3 Å². The van der Waals surface area contributed by atoms with E-state index in [2.05, 4.69) is 29.9 Å². The van der Waals surface area contributed by atoms with Gasteiger partial charge in [0.15, 0.2) is 0 Å². The number of aromatic nitrogens is 2. The first kappa shape index (κ1) is 15.0. The highest BCUT2D eigenvalue weighted by Crippen LogP contribution is 2.19. The molecule has 1 aliphatic heterocycles. The van der Waals surface area contributed by atoms with Gasteiger partial charge in [-0.3, -0.25) is 14.4 Å². The van der Waals surface area contributed by atoms with Crippen LogP contribution in [0, 0.1) is 5.92 Å². The van der Waals surface area contributed by atoms with E-state index >= 15 is 0 Å². The zero-order valence-electron chi connectivity index (χ0n) is 12.7. The van der Waals surface area contributed by atoms with Crippen molar-refractivity contribution in [2.75, 3.05) is 19.7 Å². The second kappa shape index (κ2) is 6.88. The number of ether oxygens (including phenoxy) is 1. The first-order valence-electron chi connectivity index (χ1n) is 7.53. The van der Waals surface area contributed by atoms with Gasteiger partial charge in [-0.25, -0.2) is 0 Å². The van der Waals surface area contributed by atoms with E-state index in [0.717, 1.165) is 38.2 Å². The minimum absolute atomic E-state index is 0.0240. The van der Waals surface area contributed by atoms with Crippen molar-refractivity contribution in [1.29, 1.82) is 0 Å². The molecule has 1 saturated heterocycles. The summed E-state index contributed by atoms with van der Waals surface area (Å²) in [6.45, 7) is 9.20. The summed E-state index contributed by atoms with van der Waals surface area (Å²) in [6.07, 6.45) is 4.01. The number of piperidine rings is 1. The fourth-order valence-corrected chi connectivity index (χ4v) is 2.63. The van der Waals surface area contributed by atoms with Crippen molar-refractivity contribution < 1.29 is 9.53 Å². The van der Waals surface area contributed by atoms with Gasteiger partial charge >= 0.3 is 5.97 Å². The molecular formula is C15H25N3O2. The second-order valence-electron chi connectivity index (χ2n) is 5.71. The smallest absolute Gasteiger partial charge is 0.310 e. The van der Waals surface area contributed by atoms with Gasteiger partial charge in [0.2, 0.25) is 0 Å². The highest BCUT2D eigenvalue weighted by Gasteiger charge is 2.27. The van der Waals surface area contributed by atoms with Gasteiger partial charge in [-0.15, -0.1) is 0 Å². The maximum Gasteiger partial charge on any atom is 0.310 e. The molecule has 1 aliphatic rings. The summed E-state index contributed by atoms with van der Waals surface area (Å²) in [6, 6.07) is 2.45. The average molecular weight is 279 g/mol. The molecule has 1 fully saturated rings. The number of nitrogens with zero attached hydrogens (tertiary/aromatic N) is 3. The van der Waals surface area contributed by atoms with Gasteiger partial charge in [0, 0.05) is 25.3 Å². The summed E-state index contributed by atoms with van der Waals surface area (Å²) in [5.74, 6) is -0.0270. The molecule has 1 unspecified atom stereocenters. The predicted molar refractivity (Wildman–Crippen MR) is 77.2 cm³/mol. The molecule has 5 nitrogen and oxygen atoms in total. The van der Waals surface area contributed by atoms with Gasteiger partial charge < -0.3 is 4.74 Å². The molecule has 0 amide bonds. The third-order valence-corrected chi connectivity index (χ3v) is 3.70. The van der Waals surface area contributed by atoms with Crippen molar-refractivity contribution in [3.8, 4) is 0 Å². The summed E-state index contributed by atoms with van der Waals surface area (Å²) >= 11 is 0. The van der Waals surface area contributed by atoms with Crippen LogP contribution in [0.25, 0.3) is 0 Å². The monoisotopic (exact) mass is 279 g/mol. The van der Waals surface area contributed by atoms with E-state index in [9.17, 15) is 4.79 Å². The highest BCUT2D eigenvalue weighted by atomic mass is 16.5. The Balaban J connectivity index is 1.90. The Labute approximate surface area is 120 Å². The Bertz CT molecular complexity index is 442. The van der Waals surface area contributed by atoms with E-state index in [1.165, 1.54) is 0 Å². The molecule has 1 atom stereocenters. The number of carbonyl (C=O) groups is 1. The molecule has 1 aromatic heterocycles. The summed E-state index contributed by atoms with van der Waals surface area (Å²) < 4.78 is 7.10. The summed E-state index contributed by atoms with van der Waals surface area (Å²) in [4.78, 5) is 14.1. The van der Waals surface area contributed by atoms with Crippen LogP contribution in [-0.4, -0.2) is 40.3 Å². The summed E-state index contributed by atoms with van der Waals surface area (Å²) in [5, 5.41) is 4.57. The molecule has 112 valence electrons. The van der Waals surface area contributed by atoms with Crippen LogP contribution in [0.3, 0.4) is 0 Å². The summed E-state index contributed by atoms with van der Waals surface area (Å²) in [7, 11) is 0. The average Bonchev–Trinajstić information content (AvgIpc) is 2.88. The Morgan fingerprint density at radius 3 is 3.00 bits per heavy atom. The van der Waals surface area contributed by atoms with Gasteiger partial charge in [0.25, 0.3) is 0 Å². The molecule has 2 rings (SSSR count). The second-order valence-corrected chi connectivity index (χ2v) is 5.71. The maximum atomic E-state index is 11.8. The van der Waals surface area contributed by atoms with Crippen LogP contribution in [0.1, 0.15) is 45.3 Å². The molecule has 0 spiro atoms. The number of esters is 1. The first-order valence-corrected chi connectivity index (χ1v) is 7.53. The van der Waals surface area contributed by atoms with Crippen molar-refractivity contribution in [2.45, 2.75) is 46.2 Å². The van der Waals surface area contributed by atoms with E-state index in [4.69, 9.17) is 4.74 Å². The van der Waals surface area contributed by atoms with Crippen molar-refractivity contribution in [3.63, 3.8) is 0 Å². The van der Waals surface area contributed by atoms with E-state index < -0.39 is 0 Å². The van der Waals surface area contributed by atoms with Gasteiger partial charge in [-0.05, 0) is 46.2 Å². The third-order valence-electron chi connectivity index (χ3n) is 3.70. The molecule has 0 radical (unpaired) electrons. The fourth-order valence-electron chi connectivity index (χ4n) is 2.63. The Morgan fingerprint density at radius 1 is 1.55 bits per heavy atom. The number of hydrogen-bond donors (Lipinski definition) is 0. The number of rotatable bonds is 5. The maximum absolute atomic E-state index is 11.8. The Morgan fingerprint density at radius 2 is 2.35 bits per heavy atom. The Kier molecular flexibility index (Phi) is 5.17. The van der Waals surface area contributed by atoms with Crippen molar-refractivity contribution >= 4 is 5.97 Å². The van der Waals surface area contributed by atoms with E-state index in [1.807, 2.05) is 17.8 Å². The molecular weight excluding hydrogens is 254 g/mol. The topological polar surface area (TPSA) is 47.4 Å². The largest absolute Gasteiger partial charge is 0.466 e. The van der Waals surface area contributed by atoms with Crippen molar-refractivity contribution in [2.24, 2.45) is 5.92 Å². The lowest BCUT2D eigenvalue weighted by Gasteiger charge is -2.30. The molecule has 2 heterocycles. The van der Waals surface area contributed by atoms with E-state index in [-0.39, 0.29) is 11.9 Å². The molecule has 0 N–H and O–H groups in total. The normalized spacial score (nSPS) is 20.3. The van der Waals surface area contributed by atoms with Crippen LogP contribution in [0.2, 0.25) is 0 Å². The lowest BCUT2D eigenvalue weighted by molar-refractivity contribution is -0.150. The molecule has 0 aromatic carbocycles. The lowest BCUT2D eigenvalue weighted by atomic mass is 9.98. The van der Waals surface area contributed by atoms with Gasteiger partial charge in [-0.2, -0.15) is 5.10 Å². The van der Waals surface area contributed by atoms with Crippen molar-refractivity contribution in [3.05, 3.63) is 18.0 Å². The number of carbonyl (C=O) groups excluding carboxylic acids is 1. The molecule has 0 aliphatic carbocycles. The zero-order valence-corrected chi connectivity index (χ0v) is 12.7. The van der Waals surface area contributed by atoms with E-state index in [1.54, 1.807) is 0 Å². The molecule has 5 heteroatoms. The molecule has 0 bridgehead atoms. The van der Waals surface area contributed by atoms with E-state index in [0.29, 0.717) is 12.6 Å². The zero-order chi connectivity index (χ0) is 14.5. The standard InChI is InChI=1S/C15H25N3O2/c1-4-20-15(19)13-6-5-8-17(10-13)11-14-7-9-18(16-14)12(2)3/h7,9,12-13H,4-6,8,10-11H2,1-3H3. The SMILES string of the molecule is CCOC(=O)C1CCCN(Cc2ccn(C(C)C)n2)C1. The van der Waals surface area contributed by atoms with Crippen LogP contribution in [-0.2, 0) is 16.1 Å². The quantitative estimate of drug-likeness (QED) is 0.776. The third kappa shape index (κ3) is 3.82. The van der Waals surface area contributed by atoms with Gasteiger partial charge in [0.05, 0.1) is 18.2 Å². The minimum Gasteiger partial charge on any atom is -0.466 e. The van der Waals surface area contributed by atoms with Crippen molar-refractivity contribution in [1.82, 2.24) is 14.7 Å². The van der Waals surface area contributed by atoms with Crippen LogP contribution in [0.4, 0.5) is 0 Å². The Hall–Kier alpha value is -1.36. The summed E-state index contributed by atoms with van der Waals surface area (Å²) in [5.41, 5.74) is 1.07. The van der Waals surface area contributed by atoms with Gasteiger partial charge in [-0.1, -0.05) is 0 Å². The lowest BCUT2D eigenvalue weighted by Crippen LogP contribution is -2.39. The molecule has 1 aromatic rings. The fraction of sp³-hybridized carbons (Fsp3) is 0.733. The van der Waals surface area contributed by atoms with Crippen LogP contribution < -0.4 is 0 Å². The van der Waals surface area contributed by atoms with Crippen LogP contribution >= 0.6 is 0 Å². The first-order chi connectivity index (χ1) is 9.60. The molecule has 0 saturated carbocycles. The minimum atomic E-state index is -0.0510. The number of likely N-dealkylation sites (tertiary alicyclic amines) is 1. The van der Waals surface area contributed by atoms with Crippen LogP contribution in [0.5, 0.6) is 0 Å². The number of hydrogen-bond acceptors (Lipinski definition) is 4. The van der Waals surface area contributed by atoms with Gasteiger partial charge in [0.1, 0.15) is 0 Å². The molecule has 20 heavy (non-hydrogen) atoms.